The van der Waals surface area contributed by atoms with Crippen LogP contribution in [0.3, 0.4) is 0 Å². The molecule has 0 saturated carbocycles. The third kappa shape index (κ3) is 1.61. The normalized spacial score (nSPS) is 11.2. The van der Waals surface area contributed by atoms with Gasteiger partial charge in [-0.1, -0.05) is 0 Å². The first-order valence-corrected chi connectivity index (χ1v) is 6.32. The van der Waals surface area contributed by atoms with Crippen molar-refractivity contribution < 1.29 is 0 Å². The van der Waals surface area contributed by atoms with Crippen molar-refractivity contribution in [2.24, 2.45) is 0 Å². The van der Waals surface area contributed by atoms with E-state index in [0.717, 1.165) is 28.2 Å². The quantitative estimate of drug-likeness (QED) is 0.643. The van der Waals surface area contributed by atoms with Gasteiger partial charge in [0.15, 0.2) is 0 Å². The molecular weight excluding hydrogens is 230 g/mol. The topological polar surface area (TPSA) is 54.7 Å². The molecule has 2 heterocycles. The van der Waals surface area contributed by atoms with Crippen LogP contribution in [-0.4, -0.2) is 9.97 Å². The van der Waals surface area contributed by atoms with E-state index in [2.05, 4.69) is 22.1 Å². The number of aryl methyl sites for hydroxylation is 2. The zero-order valence-electron chi connectivity index (χ0n) is 9.74. The molecule has 0 unspecified atom stereocenters. The van der Waals surface area contributed by atoms with E-state index in [1.165, 1.54) is 10.3 Å². The fourth-order valence-electron chi connectivity index (χ4n) is 1.99. The second-order valence-electron chi connectivity index (χ2n) is 4.25. The Morgan fingerprint density at radius 3 is 2.76 bits per heavy atom. The van der Waals surface area contributed by atoms with E-state index in [9.17, 15) is 0 Å². The van der Waals surface area contributed by atoms with Gasteiger partial charge in [-0.2, -0.15) is 0 Å². The van der Waals surface area contributed by atoms with Crippen molar-refractivity contribution >= 4 is 27.9 Å². The maximum atomic E-state index is 5.91. The smallest absolute Gasteiger partial charge is 0.0801 e. The van der Waals surface area contributed by atoms with Gasteiger partial charge in [-0.3, -0.25) is 0 Å². The van der Waals surface area contributed by atoms with Gasteiger partial charge in [-0.25, -0.2) is 4.98 Å². The number of nitrogens with zero attached hydrogens (tertiary/aromatic N) is 1. The molecule has 3 aromatic rings. The third-order valence-corrected chi connectivity index (χ3v) is 3.96. The monoisotopic (exact) mass is 243 g/mol. The van der Waals surface area contributed by atoms with Gasteiger partial charge in [0.05, 0.1) is 21.8 Å². The van der Waals surface area contributed by atoms with Gasteiger partial charge in [0.25, 0.3) is 0 Å². The molecule has 0 fully saturated rings. The second kappa shape index (κ2) is 3.60. The summed E-state index contributed by atoms with van der Waals surface area (Å²) < 4.78 is 0. The lowest BCUT2D eigenvalue weighted by Gasteiger charge is -1.98. The standard InChI is InChI=1S/C13H13N3S/c1-7-3-9-4-12(13-8(2)15-6-17-13)16-11(9)5-10(7)14/h3-6,16H,14H2,1-2H3. The summed E-state index contributed by atoms with van der Waals surface area (Å²) in [4.78, 5) is 8.86. The molecule has 0 amide bonds. The second-order valence-corrected chi connectivity index (χ2v) is 5.10. The number of nitrogens with one attached hydrogen (secondary N) is 1. The number of anilines is 1. The minimum absolute atomic E-state index is 0.826. The van der Waals surface area contributed by atoms with Gasteiger partial charge in [0.2, 0.25) is 0 Å². The first-order chi connectivity index (χ1) is 8.15. The zero-order valence-corrected chi connectivity index (χ0v) is 10.6. The molecule has 3 rings (SSSR count). The number of thiazole rings is 1. The van der Waals surface area contributed by atoms with Crippen LogP contribution in [0.1, 0.15) is 11.3 Å². The van der Waals surface area contributed by atoms with Crippen LogP contribution in [0.2, 0.25) is 0 Å². The lowest BCUT2D eigenvalue weighted by molar-refractivity contribution is 1.26. The summed E-state index contributed by atoms with van der Waals surface area (Å²) in [6.07, 6.45) is 0. The van der Waals surface area contributed by atoms with Gasteiger partial charge < -0.3 is 10.7 Å². The van der Waals surface area contributed by atoms with Gasteiger partial charge in [-0.15, -0.1) is 11.3 Å². The summed E-state index contributed by atoms with van der Waals surface area (Å²) in [6, 6.07) is 6.26. The Labute approximate surface area is 103 Å². The predicted molar refractivity (Wildman–Crippen MR) is 73.3 cm³/mol. The molecule has 2 aromatic heterocycles. The van der Waals surface area contributed by atoms with Crippen LogP contribution in [0.25, 0.3) is 21.5 Å². The summed E-state index contributed by atoms with van der Waals surface area (Å²) in [5.74, 6) is 0. The molecule has 0 saturated heterocycles. The van der Waals surface area contributed by atoms with Gasteiger partial charge >= 0.3 is 0 Å². The highest BCUT2D eigenvalue weighted by molar-refractivity contribution is 7.13. The SMILES string of the molecule is Cc1cc2cc(-c3scnc3C)[nH]c2cc1N. The molecule has 0 radical (unpaired) electrons. The number of aromatic amines is 1. The van der Waals surface area contributed by atoms with Crippen molar-refractivity contribution in [3.63, 3.8) is 0 Å². The number of aromatic nitrogens is 2. The Bertz CT molecular complexity index is 655. The molecule has 0 aliphatic carbocycles. The van der Waals surface area contributed by atoms with Crippen molar-refractivity contribution in [3.05, 3.63) is 35.0 Å². The molecule has 0 aliphatic rings. The lowest BCUT2D eigenvalue weighted by atomic mass is 10.1. The Hall–Kier alpha value is -1.81. The Morgan fingerprint density at radius 2 is 2.06 bits per heavy atom. The molecule has 0 bridgehead atoms. The zero-order chi connectivity index (χ0) is 12.0. The van der Waals surface area contributed by atoms with Gasteiger partial charge in [0.1, 0.15) is 0 Å². The molecule has 3 nitrogen and oxygen atoms in total. The number of benzene rings is 1. The number of nitrogens with two attached hydrogens (primary N) is 1. The predicted octanol–water partition coefficient (Wildman–Crippen LogP) is 3.49. The van der Waals surface area contributed by atoms with E-state index >= 15 is 0 Å². The fraction of sp³-hybridized carbons (Fsp3) is 0.154. The molecule has 0 spiro atoms. The first-order valence-electron chi connectivity index (χ1n) is 5.44. The third-order valence-electron chi connectivity index (χ3n) is 3.00. The van der Waals surface area contributed by atoms with Crippen molar-refractivity contribution in [2.45, 2.75) is 13.8 Å². The number of hydrogen-bond acceptors (Lipinski definition) is 3. The maximum Gasteiger partial charge on any atom is 0.0801 e. The summed E-state index contributed by atoms with van der Waals surface area (Å²) in [6.45, 7) is 4.05. The van der Waals surface area contributed by atoms with Gasteiger partial charge in [-0.05, 0) is 37.6 Å². The molecule has 86 valence electrons. The van der Waals surface area contributed by atoms with E-state index in [1.54, 1.807) is 11.3 Å². The number of rotatable bonds is 1. The molecule has 1 aromatic carbocycles. The van der Waals surface area contributed by atoms with Crippen LogP contribution in [0.5, 0.6) is 0 Å². The van der Waals surface area contributed by atoms with Crippen LogP contribution >= 0.6 is 11.3 Å². The van der Waals surface area contributed by atoms with E-state index in [1.807, 2.05) is 25.4 Å². The number of fused-ring (bicyclic) bond motifs is 1. The van der Waals surface area contributed by atoms with Gasteiger partial charge in [0, 0.05) is 16.6 Å². The number of H-pyrrole nitrogens is 1. The Balaban J connectivity index is 2.24. The van der Waals surface area contributed by atoms with E-state index in [4.69, 9.17) is 5.73 Å². The average molecular weight is 243 g/mol. The van der Waals surface area contributed by atoms with Crippen molar-refractivity contribution in [3.8, 4) is 10.6 Å². The van der Waals surface area contributed by atoms with Crippen LogP contribution < -0.4 is 5.73 Å². The number of hydrogen-bond donors (Lipinski definition) is 2. The summed E-state index contributed by atoms with van der Waals surface area (Å²) in [7, 11) is 0. The Kier molecular flexibility index (Phi) is 2.19. The highest BCUT2D eigenvalue weighted by Gasteiger charge is 2.09. The Morgan fingerprint density at radius 1 is 1.24 bits per heavy atom. The van der Waals surface area contributed by atoms with Crippen LogP contribution in [0.15, 0.2) is 23.7 Å². The summed E-state index contributed by atoms with van der Waals surface area (Å²) in [5, 5.41) is 1.19. The average Bonchev–Trinajstić information content (AvgIpc) is 2.85. The van der Waals surface area contributed by atoms with E-state index in [0.29, 0.717) is 0 Å². The van der Waals surface area contributed by atoms with Crippen molar-refractivity contribution in [1.29, 1.82) is 0 Å². The molecule has 4 heteroatoms. The summed E-state index contributed by atoms with van der Waals surface area (Å²) >= 11 is 1.65. The van der Waals surface area contributed by atoms with E-state index in [-0.39, 0.29) is 0 Å². The largest absolute Gasteiger partial charge is 0.398 e. The molecule has 3 N–H and O–H groups in total. The van der Waals surface area contributed by atoms with Crippen LogP contribution in [0, 0.1) is 13.8 Å². The molecule has 0 atom stereocenters. The molecular formula is C13H13N3S. The van der Waals surface area contributed by atoms with Crippen molar-refractivity contribution in [2.75, 3.05) is 5.73 Å². The van der Waals surface area contributed by atoms with E-state index < -0.39 is 0 Å². The lowest BCUT2D eigenvalue weighted by Crippen LogP contribution is -1.88. The highest BCUT2D eigenvalue weighted by Crippen LogP contribution is 2.31. The minimum atomic E-state index is 0.826. The maximum absolute atomic E-state index is 5.91. The van der Waals surface area contributed by atoms with Crippen LogP contribution in [-0.2, 0) is 0 Å². The first kappa shape index (κ1) is 10.4. The summed E-state index contributed by atoms with van der Waals surface area (Å²) in [5.41, 5.74) is 13.0. The van der Waals surface area contributed by atoms with Crippen molar-refractivity contribution in [1.82, 2.24) is 9.97 Å². The highest BCUT2D eigenvalue weighted by atomic mass is 32.1. The molecule has 0 aliphatic heterocycles. The fourth-order valence-corrected chi connectivity index (χ4v) is 2.77. The minimum Gasteiger partial charge on any atom is -0.398 e. The van der Waals surface area contributed by atoms with Crippen LogP contribution in [0.4, 0.5) is 5.69 Å². The number of nitrogen functional groups attached to an aromatic ring is 1. The molecule has 17 heavy (non-hydrogen) atoms.